The molecule has 0 radical (unpaired) electrons. The van der Waals surface area contributed by atoms with Crippen molar-refractivity contribution >= 4 is 17.0 Å². The van der Waals surface area contributed by atoms with Crippen molar-refractivity contribution in [1.82, 2.24) is 19.5 Å². The average Bonchev–Trinajstić information content (AvgIpc) is 2.93. The molecule has 0 amide bonds. The molecule has 0 saturated carbocycles. The third kappa shape index (κ3) is 1.82. The number of nitrogens with zero attached hydrogens (tertiary/aromatic N) is 4. The average molecular weight is 283 g/mol. The minimum absolute atomic E-state index is 0.0914. The first-order valence-electron chi connectivity index (χ1n) is 6.20. The highest BCUT2D eigenvalue weighted by Crippen LogP contribution is 2.33. The number of hydrogen-bond acceptors (Lipinski definition) is 7. The van der Waals surface area contributed by atoms with E-state index in [1.165, 1.54) is 10.9 Å². The number of nitrogen functional groups attached to an aromatic ring is 1. The minimum atomic E-state index is -1.16. The van der Waals surface area contributed by atoms with Crippen molar-refractivity contribution in [3.8, 4) is 0 Å². The highest BCUT2D eigenvalue weighted by Gasteiger charge is 2.43. The van der Waals surface area contributed by atoms with Crippen LogP contribution in [0.4, 0.5) is 10.2 Å². The van der Waals surface area contributed by atoms with Crippen LogP contribution in [0, 0.1) is 6.08 Å². The number of aliphatic hydroxyl groups excluding tert-OH is 2. The Hall–Kier alpha value is -1.84. The van der Waals surface area contributed by atoms with Gasteiger partial charge in [-0.2, -0.15) is 14.4 Å². The molecule has 2 aromatic rings. The molecule has 1 aliphatic heterocycles. The number of ether oxygens (including phenoxy) is 1. The Bertz CT molecular complexity index is 648. The number of imidazole rings is 1. The van der Waals surface area contributed by atoms with Crippen LogP contribution in [0.5, 0.6) is 0 Å². The highest BCUT2D eigenvalue weighted by molar-refractivity contribution is 5.81. The van der Waals surface area contributed by atoms with E-state index in [2.05, 4.69) is 15.0 Å². The summed E-state index contributed by atoms with van der Waals surface area (Å²) in [4.78, 5) is 11.0. The lowest BCUT2D eigenvalue weighted by Gasteiger charge is -2.16. The molecule has 2 aromatic heterocycles. The summed E-state index contributed by atoms with van der Waals surface area (Å²) in [5.41, 5.74) is 5.90. The molecule has 108 valence electrons. The molecule has 0 spiro atoms. The molecule has 3 heterocycles. The van der Waals surface area contributed by atoms with E-state index in [-0.39, 0.29) is 17.0 Å². The van der Waals surface area contributed by atoms with Gasteiger partial charge < -0.3 is 20.7 Å². The molecule has 1 aliphatic rings. The third-order valence-corrected chi connectivity index (χ3v) is 3.43. The molecule has 8 nitrogen and oxygen atoms in total. The Morgan fingerprint density at radius 2 is 2.15 bits per heavy atom. The molecule has 20 heavy (non-hydrogen) atoms. The van der Waals surface area contributed by atoms with E-state index < -0.39 is 30.6 Å². The summed E-state index contributed by atoms with van der Waals surface area (Å²) < 4.78 is 20.2. The number of hydrogen-bond donors (Lipinski definition) is 3. The zero-order valence-electron chi connectivity index (χ0n) is 10.6. The van der Waals surface area contributed by atoms with Crippen LogP contribution in [0.1, 0.15) is 19.6 Å². The zero-order valence-corrected chi connectivity index (χ0v) is 10.6. The Balaban J connectivity index is 2.07. The van der Waals surface area contributed by atoms with Gasteiger partial charge in [0.05, 0.1) is 12.4 Å². The maximum Gasteiger partial charge on any atom is 0.312 e. The number of aromatic nitrogens is 4. The Morgan fingerprint density at radius 3 is 2.80 bits per heavy atom. The van der Waals surface area contributed by atoms with Gasteiger partial charge in [-0.3, -0.25) is 4.57 Å². The van der Waals surface area contributed by atoms with E-state index in [1.54, 1.807) is 0 Å². The van der Waals surface area contributed by atoms with Gasteiger partial charge >= 0.3 is 6.08 Å². The molecule has 4 N–H and O–H groups in total. The fraction of sp³-hybridized carbons (Fsp3) is 0.545. The maximum absolute atomic E-state index is 13.3. The van der Waals surface area contributed by atoms with Crippen LogP contribution in [0.2, 0.25) is 0 Å². The standard InChI is InChI=1S/C11H14FN5O3/c1-2-4-6(18)7(19)10(20-4)17-3-14-5-8(13)15-11(12)16-9(5)17/h3-4,6-7,10,18-19H,2H2,1H3,(H2,13,15,16)/t4-,6-,7-,10?/m1/s1. The van der Waals surface area contributed by atoms with Gasteiger partial charge in [0, 0.05) is 0 Å². The van der Waals surface area contributed by atoms with Crippen molar-refractivity contribution in [2.45, 2.75) is 37.9 Å². The van der Waals surface area contributed by atoms with Crippen molar-refractivity contribution in [3.63, 3.8) is 0 Å². The zero-order chi connectivity index (χ0) is 14.4. The van der Waals surface area contributed by atoms with Crippen molar-refractivity contribution in [2.24, 2.45) is 0 Å². The summed E-state index contributed by atoms with van der Waals surface area (Å²) in [5.74, 6) is -0.0914. The monoisotopic (exact) mass is 283 g/mol. The van der Waals surface area contributed by atoms with E-state index >= 15 is 0 Å². The number of anilines is 1. The second-order valence-corrected chi connectivity index (χ2v) is 4.66. The molecule has 0 bridgehead atoms. The van der Waals surface area contributed by atoms with Gasteiger partial charge in [0.25, 0.3) is 0 Å². The molecule has 4 atom stereocenters. The van der Waals surface area contributed by atoms with E-state index in [0.717, 1.165) is 0 Å². The summed E-state index contributed by atoms with van der Waals surface area (Å²) in [6.45, 7) is 1.83. The van der Waals surface area contributed by atoms with Crippen molar-refractivity contribution in [3.05, 3.63) is 12.4 Å². The second-order valence-electron chi connectivity index (χ2n) is 4.66. The van der Waals surface area contributed by atoms with Crippen LogP contribution in [-0.2, 0) is 4.74 Å². The summed E-state index contributed by atoms with van der Waals surface area (Å²) in [7, 11) is 0. The lowest BCUT2D eigenvalue weighted by Crippen LogP contribution is -2.31. The molecule has 3 rings (SSSR count). The maximum atomic E-state index is 13.3. The SMILES string of the molecule is CC[C@H]1OC(n2cnc3c(N)nc(F)nc32)[C@H](O)[C@@H]1O. The van der Waals surface area contributed by atoms with Crippen LogP contribution in [0.3, 0.4) is 0 Å². The van der Waals surface area contributed by atoms with Gasteiger partial charge in [0.2, 0.25) is 0 Å². The number of aliphatic hydroxyl groups is 2. The molecule has 0 aromatic carbocycles. The van der Waals surface area contributed by atoms with Crippen LogP contribution in [-0.4, -0.2) is 48.0 Å². The van der Waals surface area contributed by atoms with Gasteiger partial charge in [0.1, 0.15) is 12.2 Å². The van der Waals surface area contributed by atoms with Crippen molar-refractivity contribution in [2.75, 3.05) is 5.73 Å². The summed E-state index contributed by atoms with van der Waals surface area (Å²) in [6.07, 6.45) is -2.70. The Morgan fingerprint density at radius 1 is 1.40 bits per heavy atom. The molecular formula is C11H14FN5O3. The predicted molar refractivity (Wildman–Crippen MR) is 65.9 cm³/mol. The van der Waals surface area contributed by atoms with Crippen LogP contribution in [0.25, 0.3) is 11.2 Å². The van der Waals surface area contributed by atoms with E-state index in [4.69, 9.17) is 10.5 Å². The summed E-state index contributed by atoms with van der Waals surface area (Å²) in [5, 5.41) is 19.9. The molecule has 1 unspecified atom stereocenters. The molecule has 1 saturated heterocycles. The van der Waals surface area contributed by atoms with E-state index in [9.17, 15) is 14.6 Å². The Kier molecular flexibility index (Phi) is 3.04. The highest BCUT2D eigenvalue weighted by atomic mass is 19.1. The largest absolute Gasteiger partial charge is 0.388 e. The van der Waals surface area contributed by atoms with Crippen LogP contribution < -0.4 is 5.73 Å². The third-order valence-electron chi connectivity index (χ3n) is 3.43. The fourth-order valence-corrected chi connectivity index (χ4v) is 2.39. The lowest BCUT2D eigenvalue weighted by molar-refractivity contribution is -0.0356. The van der Waals surface area contributed by atoms with Gasteiger partial charge in [-0.05, 0) is 6.42 Å². The molecule has 1 fully saturated rings. The molecule has 9 heteroatoms. The van der Waals surface area contributed by atoms with Crippen molar-refractivity contribution < 1.29 is 19.3 Å². The number of rotatable bonds is 2. The normalized spacial score (nSPS) is 30.2. The summed E-state index contributed by atoms with van der Waals surface area (Å²) in [6, 6.07) is 0. The van der Waals surface area contributed by atoms with Gasteiger partial charge in [-0.1, -0.05) is 6.92 Å². The molecule has 0 aliphatic carbocycles. The topological polar surface area (TPSA) is 119 Å². The van der Waals surface area contributed by atoms with E-state index in [0.29, 0.717) is 6.42 Å². The first-order valence-corrected chi connectivity index (χ1v) is 6.20. The van der Waals surface area contributed by atoms with E-state index in [1.807, 2.05) is 6.92 Å². The number of fused-ring (bicyclic) bond motifs is 1. The Labute approximate surface area is 113 Å². The first-order chi connectivity index (χ1) is 9.52. The van der Waals surface area contributed by atoms with Crippen molar-refractivity contribution in [1.29, 1.82) is 0 Å². The smallest absolute Gasteiger partial charge is 0.312 e. The lowest BCUT2D eigenvalue weighted by atomic mass is 10.1. The first kappa shape index (κ1) is 13.2. The summed E-state index contributed by atoms with van der Waals surface area (Å²) >= 11 is 0. The van der Waals surface area contributed by atoms with Crippen LogP contribution in [0.15, 0.2) is 6.33 Å². The van der Waals surface area contributed by atoms with Gasteiger partial charge in [-0.25, -0.2) is 4.98 Å². The van der Waals surface area contributed by atoms with Crippen LogP contribution >= 0.6 is 0 Å². The van der Waals surface area contributed by atoms with Gasteiger partial charge in [-0.15, -0.1) is 0 Å². The molecular weight excluding hydrogens is 269 g/mol. The quantitative estimate of drug-likeness (QED) is 0.640. The predicted octanol–water partition coefficient (Wildman–Crippen LogP) is -0.423. The number of nitrogens with two attached hydrogens (primary N) is 1. The fourth-order valence-electron chi connectivity index (χ4n) is 2.39. The number of halogens is 1. The minimum Gasteiger partial charge on any atom is -0.388 e. The second kappa shape index (κ2) is 4.62. The van der Waals surface area contributed by atoms with Gasteiger partial charge in [0.15, 0.2) is 23.2 Å².